The molecule has 3 heterocycles. The lowest BCUT2D eigenvalue weighted by atomic mass is 10.2. The maximum atomic E-state index is 13.4. The summed E-state index contributed by atoms with van der Waals surface area (Å²) in [6.45, 7) is 0.820. The summed E-state index contributed by atoms with van der Waals surface area (Å²) in [4.78, 5) is 30.9. The summed E-state index contributed by atoms with van der Waals surface area (Å²) < 4.78 is 20.4. The number of hydrogen-bond donors (Lipinski definition) is 2. The van der Waals surface area contributed by atoms with Crippen LogP contribution in [0.2, 0.25) is 0 Å². The van der Waals surface area contributed by atoms with Gasteiger partial charge in [-0.15, -0.1) is 0 Å². The molecule has 0 unspecified atom stereocenters. The van der Waals surface area contributed by atoms with Crippen molar-refractivity contribution >= 4 is 23.3 Å². The van der Waals surface area contributed by atoms with E-state index in [1.54, 1.807) is 47.4 Å². The van der Waals surface area contributed by atoms with Gasteiger partial charge in [0, 0.05) is 31.6 Å². The molecule has 0 saturated carbocycles. The Bertz CT molecular complexity index is 1090. The number of likely N-dealkylation sites (tertiary alicyclic amines) is 1. The number of pyridine rings is 1. The fourth-order valence-electron chi connectivity index (χ4n) is 3.75. The number of nitrogens with zero attached hydrogens (tertiary/aromatic N) is 4. The predicted octanol–water partition coefficient (Wildman–Crippen LogP) is 3.16. The zero-order chi connectivity index (χ0) is 22.5. The Balaban J connectivity index is 1.43. The number of amides is 3. The molecule has 1 aromatic carbocycles. The number of aromatic nitrogens is 3. The number of methoxy groups -OCH3 is 1. The van der Waals surface area contributed by atoms with Crippen molar-refractivity contribution in [2.24, 2.45) is 0 Å². The van der Waals surface area contributed by atoms with Crippen LogP contribution >= 0.6 is 0 Å². The Morgan fingerprint density at radius 2 is 2.06 bits per heavy atom. The van der Waals surface area contributed by atoms with Crippen molar-refractivity contribution in [1.29, 1.82) is 0 Å². The largest absolute Gasteiger partial charge is 0.383 e. The second-order valence-corrected chi connectivity index (χ2v) is 7.50. The van der Waals surface area contributed by atoms with Crippen LogP contribution in [0.5, 0.6) is 0 Å². The van der Waals surface area contributed by atoms with Gasteiger partial charge in [0.2, 0.25) is 0 Å². The number of rotatable bonds is 6. The number of ether oxygens (including phenoxy) is 1. The molecule has 1 fully saturated rings. The van der Waals surface area contributed by atoms with Crippen LogP contribution in [0.4, 0.5) is 20.6 Å². The second kappa shape index (κ2) is 9.56. The van der Waals surface area contributed by atoms with E-state index < -0.39 is 11.7 Å². The summed E-state index contributed by atoms with van der Waals surface area (Å²) in [7, 11) is 1.60. The van der Waals surface area contributed by atoms with Gasteiger partial charge in [0.25, 0.3) is 5.91 Å². The van der Waals surface area contributed by atoms with Crippen LogP contribution in [0.3, 0.4) is 0 Å². The van der Waals surface area contributed by atoms with E-state index in [9.17, 15) is 14.0 Å². The lowest BCUT2D eigenvalue weighted by molar-refractivity contribution is 0.102. The first-order valence-electron chi connectivity index (χ1n) is 10.1. The minimum atomic E-state index is -0.479. The summed E-state index contributed by atoms with van der Waals surface area (Å²) in [6, 6.07) is 8.52. The summed E-state index contributed by atoms with van der Waals surface area (Å²) in [5.74, 6) is -0.904. The Labute approximate surface area is 184 Å². The van der Waals surface area contributed by atoms with Crippen molar-refractivity contribution in [2.75, 3.05) is 30.9 Å². The van der Waals surface area contributed by atoms with E-state index >= 15 is 0 Å². The number of halogens is 1. The third-order valence-corrected chi connectivity index (χ3v) is 5.25. The zero-order valence-electron chi connectivity index (χ0n) is 17.4. The van der Waals surface area contributed by atoms with Crippen LogP contribution < -0.4 is 10.6 Å². The van der Waals surface area contributed by atoms with Gasteiger partial charge in [-0.05, 0) is 36.8 Å². The standard InChI is InChI=1S/C22H23FN6O3/c1-32-14-20-9-19(13-28(20)22(31)27-17-6-3-7-24-10-17)29-12-18(11-25-29)26-21(30)15-4-2-5-16(23)8-15/h2-8,10-12,19-20H,9,13-14H2,1H3,(H,26,30)(H,27,31)/t19-,20-/m0/s1. The molecule has 2 N–H and O–H groups in total. The maximum Gasteiger partial charge on any atom is 0.322 e. The van der Waals surface area contributed by atoms with Crippen molar-refractivity contribution in [3.8, 4) is 0 Å². The Hall–Kier alpha value is -3.79. The summed E-state index contributed by atoms with van der Waals surface area (Å²) in [5.41, 5.74) is 1.32. The van der Waals surface area contributed by atoms with Crippen molar-refractivity contribution in [3.63, 3.8) is 0 Å². The fourth-order valence-corrected chi connectivity index (χ4v) is 3.75. The molecule has 2 aromatic heterocycles. The Morgan fingerprint density at radius 1 is 1.19 bits per heavy atom. The van der Waals surface area contributed by atoms with Crippen LogP contribution in [-0.2, 0) is 4.74 Å². The van der Waals surface area contributed by atoms with E-state index in [0.717, 1.165) is 0 Å². The van der Waals surface area contributed by atoms with E-state index in [0.29, 0.717) is 30.9 Å². The molecule has 166 valence electrons. The van der Waals surface area contributed by atoms with Crippen molar-refractivity contribution in [2.45, 2.75) is 18.5 Å². The third kappa shape index (κ3) is 4.92. The maximum absolute atomic E-state index is 13.4. The number of hydrogen-bond acceptors (Lipinski definition) is 5. The topological polar surface area (TPSA) is 101 Å². The van der Waals surface area contributed by atoms with Gasteiger partial charge in [0.15, 0.2) is 0 Å². The van der Waals surface area contributed by atoms with Gasteiger partial charge in [-0.25, -0.2) is 9.18 Å². The summed E-state index contributed by atoms with van der Waals surface area (Å²) in [5, 5.41) is 9.92. The number of urea groups is 1. The molecule has 0 bridgehead atoms. The monoisotopic (exact) mass is 438 g/mol. The molecular weight excluding hydrogens is 415 g/mol. The van der Waals surface area contributed by atoms with E-state index in [2.05, 4.69) is 20.7 Å². The molecule has 10 heteroatoms. The van der Waals surface area contributed by atoms with Gasteiger partial charge in [-0.1, -0.05) is 6.07 Å². The van der Waals surface area contributed by atoms with Gasteiger partial charge in [0.05, 0.1) is 42.5 Å². The van der Waals surface area contributed by atoms with Crippen LogP contribution in [0.1, 0.15) is 22.8 Å². The van der Waals surface area contributed by atoms with E-state index in [1.165, 1.54) is 30.5 Å². The molecule has 2 atom stereocenters. The molecule has 4 rings (SSSR count). The molecule has 0 radical (unpaired) electrons. The van der Waals surface area contributed by atoms with Gasteiger partial charge in [-0.3, -0.25) is 14.5 Å². The fraction of sp³-hybridized carbons (Fsp3) is 0.273. The Morgan fingerprint density at radius 3 is 2.81 bits per heavy atom. The van der Waals surface area contributed by atoms with Gasteiger partial charge in [0.1, 0.15) is 5.82 Å². The molecule has 32 heavy (non-hydrogen) atoms. The van der Waals surface area contributed by atoms with Crippen LogP contribution in [0, 0.1) is 5.82 Å². The number of carbonyl (C=O) groups excluding carboxylic acids is 2. The quantitative estimate of drug-likeness (QED) is 0.616. The van der Waals surface area contributed by atoms with E-state index in [1.807, 2.05) is 0 Å². The molecular formula is C22H23FN6O3. The van der Waals surface area contributed by atoms with Crippen molar-refractivity contribution in [1.82, 2.24) is 19.7 Å². The molecule has 0 spiro atoms. The first-order valence-corrected chi connectivity index (χ1v) is 10.1. The van der Waals surface area contributed by atoms with Crippen molar-refractivity contribution in [3.05, 3.63) is 72.6 Å². The SMILES string of the molecule is COC[C@@H]1C[C@H](n2cc(NC(=O)c3cccc(F)c3)cn2)CN1C(=O)Nc1cccnc1. The van der Waals surface area contributed by atoms with Crippen LogP contribution in [0.25, 0.3) is 0 Å². The highest BCUT2D eigenvalue weighted by Gasteiger charge is 2.36. The van der Waals surface area contributed by atoms with Gasteiger partial charge >= 0.3 is 6.03 Å². The Kier molecular flexibility index (Phi) is 6.41. The molecule has 1 aliphatic rings. The average Bonchev–Trinajstić information content (AvgIpc) is 3.42. The predicted molar refractivity (Wildman–Crippen MR) is 116 cm³/mol. The van der Waals surface area contributed by atoms with Gasteiger partial charge < -0.3 is 20.3 Å². The first kappa shape index (κ1) is 21.4. The number of anilines is 2. The second-order valence-electron chi connectivity index (χ2n) is 7.50. The number of carbonyl (C=O) groups is 2. The summed E-state index contributed by atoms with van der Waals surface area (Å²) >= 11 is 0. The highest BCUT2D eigenvalue weighted by Crippen LogP contribution is 2.29. The van der Waals surface area contributed by atoms with Crippen molar-refractivity contribution < 1.29 is 18.7 Å². The smallest absolute Gasteiger partial charge is 0.322 e. The van der Waals surface area contributed by atoms with E-state index in [4.69, 9.17) is 4.74 Å². The molecule has 1 saturated heterocycles. The summed E-state index contributed by atoms with van der Waals surface area (Å²) in [6.07, 6.45) is 7.10. The lowest BCUT2D eigenvalue weighted by Gasteiger charge is -2.24. The van der Waals surface area contributed by atoms with Crippen LogP contribution in [0.15, 0.2) is 61.2 Å². The van der Waals surface area contributed by atoms with Crippen LogP contribution in [-0.4, -0.2) is 57.9 Å². The highest BCUT2D eigenvalue weighted by atomic mass is 19.1. The molecule has 3 aromatic rings. The minimum absolute atomic E-state index is 0.0883. The molecule has 3 amide bonds. The first-order chi connectivity index (χ1) is 15.5. The average molecular weight is 438 g/mol. The highest BCUT2D eigenvalue weighted by molar-refractivity contribution is 6.04. The molecule has 0 aliphatic carbocycles. The number of nitrogens with one attached hydrogen (secondary N) is 2. The molecule has 1 aliphatic heterocycles. The zero-order valence-corrected chi connectivity index (χ0v) is 17.4. The molecule has 9 nitrogen and oxygen atoms in total. The minimum Gasteiger partial charge on any atom is -0.383 e. The van der Waals surface area contributed by atoms with Gasteiger partial charge in [-0.2, -0.15) is 5.10 Å². The van der Waals surface area contributed by atoms with E-state index in [-0.39, 0.29) is 23.7 Å². The number of benzene rings is 1. The normalized spacial score (nSPS) is 17.9. The third-order valence-electron chi connectivity index (χ3n) is 5.25. The lowest BCUT2D eigenvalue weighted by Crippen LogP contribution is -2.41.